The van der Waals surface area contributed by atoms with Gasteiger partial charge in [-0.1, -0.05) is 29.3 Å². The van der Waals surface area contributed by atoms with Crippen LogP contribution in [0.1, 0.15) is 24.5 Å². The fourth-order valence-corrected chi connectivity index (χ4v) is 2.58. The van der Waals surface area contributed by atoms with E-state index in [2.05, 4.69) is 4.90 Å². The zero-order valence-corrected chi connectivity index (χ0v) is 13.8. The lowest BCUT2D eigenvalue weighted by molar-refractivity contribution is -0.137. The summed E-state index contributed by atoms with van der Waals surface area (Å²) >= 11 is 11.9. The normalized spacial score (nSPS) is 19.0. The van der Waals surface area contributed by atoms with Crippen molar-refractivity contribution in [3.8, 4) is 0 Å². The van der Waals surface area contributed by atoms with E-state index in [1.807, 2.05) is 12.1 Å². The van der Waals surface area contributed by atoms with E-state index in [1.165, 1.54) is 0 Å². The molecular weight excluding hydrogens is 337 g/mol. The molecule has 1 aromatic carbocycles. The van der Waals surface area contributed by atoms with Gasteiger partial charge in [0.15, 0.2) is 0 Å². The van der Waals surface area contributed by atoms with Gasteiger partial charge in [-0.15, -0.1) is 12.4 Å². The van der Waals surface area contributed by atoms with Crippen LogP contribution in [0.5, 0.6) is 0 Å². The maximum atomic E-state index is 10.5. The molecule has 1 aromatic rings. The Hall–Kier alpha value is -0.520. The third-order valence-corrected chi connectivity index (χ3v) is 4.07. The average Bonchev–Trinajstić information content (AvgIpc) is 2.42. The number of benzene rings is 1. The quantitative estimate of drug-likeness (QED) is 0.877. The van der Waals surface area contributed by atoms with Crippen LogP contribution in [0.25, 0.3) is 0 Å². The summed E-state index contributed by atoms with van der Waals surface area (Å²) < 4.78 is 5.76. The minimum absolute atomic E-state index is 0. The van der Waals surface area contributed by atoms with Crippen LogP contribution in [0.4, 0.5) is 0 Å². The summed E-state index contributed by atoms with van der Waals surface area (Å²) in [6.07, 6.45) is 0.821. The molecule has 0 amide bonds. The molecule has 1 fully saturated rings. The minimum Gasteiger partial charge on any atom is -0.481 e. The molecule has 1 unspecified atom stereocenters. The van der Waals surface area contributed by atoms with Gasteiger partial charge in [-0.3, -0.25) is 9.69 Å². The van der Waals surface area contributed by atoms with Crippen molar-refractivity contribution < 1.29 is 14.6 Å². The lowest BCUT2D eigenvalue weighted by Crippen LogP contribution is -2.39. The first-order valence-corrected chi connectivity index (χ1v) is 7.32. The zero-order chi connectivity index (χ0) is 14.5. The summed E-state index contributed by atoms with van der Waals surface area (Å²) in [5, 5.41) is 9.71. The third kappa shape index (κ3) is 5.64. The van der Waals surface area contributed by atoms with Crippen LogP contribution in [0.15, 0.2) is 18.2 Å². The number of aliphatic carboxylic acids is 1. The molecular formula is C14H18Cl3NO3. The fraction of sp³-hybridized carbons (Fsp3) is 0.500. The summed E-state index contributed by atoms with van der Waals surface area (Å²) in [6.45, 7) is 2.99. The van der Waals surface area contributed by atoms with E-state index in [9.17, 15) is 4.79 Å². The average molecular weight is 355 g/mol. The van der Waals surface area contributed by atoms with Crippen molar-refractivity contribution in [1.29, 1.82) is 0 Å². The number of carboxylic acid groups (broad SMARTS) is 1. The van der Waals surface area contributed by atoms with E-state index in [0.29, 0.717) is 23.1 Å². The molecule has 0 saturated carbocycles. The van der Waals surface area contributed by atoms with E-state index >= 15 is 0 Å². The van der Waals surface area contributed by atoms with E-state index in [4.69, 9.17) is 33.0 Å². The highest BCUT2D eigenvalue weighted by molar-refractivity contribution is 6.42. The van der Waals surface area contributed by atoms with Crippen LogP contribution in [-0.2, 0) is 9.53 Å². The van der Waals surface area contributed by atoms with Crippen LogP contribution >= 0.6 is 35.6 Å². The second-order valence-corrected chi connectivity index (χ2v) is 5.65. The van der Waals surface area contributed by atoms with Crippen molar-refractivity contribution in [3.05, 3.63) is 33.8 Å². The fourth-order valence-electron chi connectivity index (χ4n) is 2.27. The molecule has 4 nitrogen and oxygen atoms in total. The summed E-state index contributed by atoms with van der Waals surface area (Å²) in [4.78, 5) is 12.7. The molecule has 118 valence electrons. The second-order valence-electron chi connectivity index (χ2n) is 4.83. The highest BCUT2D eigenvalue weighted by atomic mass is 35.5. The Morgan fingerprint density at radius 1 is 1.38 bits per heavy atom. The molecule has 0 aliphatic carbocycles. The van der Waals surface area contributed by atoms with E-state index < -0.39 is 5.97 Å². The molecule has 0 aromatic heterocycles. The first-order chi connectivity index (χ1) is 9.56. The smallest absolute Gasteiger partial charge is 0.303 e. The van der Waals surface area contributed by atoms with E-state index in [0.717, 1.165) is 25.2 Å². The summed E-state index contributed by atoms with van der Waals surface area (Å²) in [7, 11) is 0. The third-order valence-electron chi connectivity index (χ3n) is 3.33. The van der Waals surface area contributed by atoms with Crippen molar-refractivity contribution >= 4 is 41.6 Å². The van der Waals surface area contributed by atoms with Gasteiger partial charge in [0, 0.05) is 19.5 Å². The number of halogens is 3. The van der Waals surface area contributed by atoms with Crippen molar-refractivity contribution in [2.45, 2.75) is 18.9 Å². The molecule has 1 saturated heterocycles. The molecule has 0 bridgehead atoms. The molecule has 2 rings (SSSR count). The predicted octanol–water partition coefficient (Wildman–Crippen LogP) is 3.65. The summed E-state index contributed by atoms with van der Waals surface area (Å²) in [6, 6.07) is 5.51. The topological polar surface area (TPSA) is 49.8 Å². The molecule has 1 aliphatic rings. The second kappa shape index (κ2) is 8.81. The summed E-state index contributed by atoms with van der Waals surface area (Å²) in [5.74, 6) is -0.751. The minimum atomic E-state index is -0.751. The highest BCUT2D eigenvalue weighted by Gasteiger charge is 2.22. The molecule has 0 spiro atoms. The maximum absolute atomic E-state index is 10.5. The molecule has 1 N–H and O–H groups in total. The zero-order valence-electron chi connectivity index (χ0n) is 11.4. The van der Waals surface area contributed by atoms with Gasteiger partial charge in [-0.25, -0.2) is 0 Å². The Balaban J connectivity index is 0.00000220. The highest BCUT2D eigenvalue weighted by Crippen LogP contribution is 2.29. The molecule has 0 radical (unpaired) electrons. The van der Waals surface area contributed by atoms with Crippen molar-refractivity contribution in [3.63, 3.8) is 0 Å². The number of rotatable bonds is 5. The maximum Gasteiger partial charge on any atom is 0.303 e. The van der Waals surface area contributed by atoms with Crippen LogP contribution in [0.2, 0.25) is 10.0 Å². The molecule has 7 heteroatoms. The van der Waals surface area contributed by atoms with Gasteiger partial charge in [-0.2, -0.15) is 0 Å². The number of hydrogen-bond acceptors (Lipinski definition) is 3. The lowest BCUT2D eigenvalue weighted by atomic mass is 10.1. The molecule has 1 atom stereocenters. The van der Waals surface area contributed by atoms with Gasteiger partial charge >= 0.3 is 5.97 Å². The van der Waals surface area contributed by atoms with E-state index in [1.54, 1.807) is 6.07 Å². The van der Waals surface area contributed by atoms with Crippen LogP contribution in [0.3, 0.4) is 0 Å². The number of ether oxygens (including phenoxy) is 1. The Bertz CT molecular complexity index is 485. The van der Waals surface area contributed by atoms with E-state index in [-0.39, 0.29) is 24.9 Å². The Kier molecular flexibility index (Phi) is 7.77. The van der Waals surface area contributed by atoms with Crippen LogP contribution in [-0.4, -0.2) is 42.2 Å². The molecule has 21 heavy (non-hydrogen) atoms. The first-order valence-electron chi connectivity index (χ1n) is 6.57. The molecule has 1 aliphatic heterocycles. The number of nitrogens with zero attached hydrogens (tertiary/aromatic N) is 1. The largest absolute Gasteiger partial charge is 0.481 e. The Morgan fingerprint density at radius 3 is 2.81 bits per heavy atom. The number of carbonyl (C=O) groups is 1. The standard InChI is InChI=1S/C14H17Cl2NO3.ClH/c15-11-4-3-10(8-12(11)16)13-9-17(6-7-20-13)5-1-2-14(18)19;/h3-4,8,13H,1-2,5-7,9H2,(H,18,19);1H. The molecule has 1 heterocycles. The Morgan fingerprint density at radius 2 is 2.14 bits per heavy atom. The van der Waals surface area contributed by atoms with Gasteiger partial charge < -0.3 is 9.84 Å². The van der Waals surface area contributed by atoms with Crippen molar-refractivity contribution in [2.24, 2.45) is 0 Å². The lowest BCUT2D eigenvalue weighted by Gasteiger charge is -2.33. The van der Waals surface area contributed by atoms with Gasteiger partial charge in [0.1, 0.15) is 0 Å². The monoisotopic (exact) mass is 353 g/mol. The summed E-state index contributed by atoms with van der Waals surface area (Å²) in [5.41, 5.74) is 1.00. The SMILES string of the molecule is Cl.O=C(O)CCCN1CCOC(c2ccc(Cl)c(Cl)c2)C1. The number of hydrogen-bond donors (Lipinski definition) is 1. The number of morpholine rings is 1. The van der Waals surface area contributed by atoms with Crippen LogP contribution < -0.4 is 0 Å². The van der Waals surface area contributed by atoms with Crippen molar-refractivity contribution in [2.75, 3.05) is 26.2 Å². The number of carboxylic acids is 1. The Labute approximate surface area is 140 Å². The van der Waals surface area contributed by atoms with Gasteiger partial charge in [-0.05, 0) is 30.7 Å². The van der Waals surface area contributed by atoms with Crippen molar-refractivity contribution in [1.82, 2.24) is 4.90 Å². The van der Waals surface area contributed by atoms with Gasteiger partial charge in [0.25, 0.3) is 0 Å². The van der Waals surface area contributed by atoms with Gasteiger partial charge in [0.05, 0.1) is 22.8 Å². The first kappa shape index (κ1) is 18.5. The predicted molar refractivity (Wildman–Crippen MR) is 85.7 cm³/mol. The van der Waals surface area contributed by atoms with Gasteiger partial charge in [0.2, 0.25) is 0 Å². The van der Waals surface area contributed by atoms with Crippen LogP contribution in [0, 0.1) is 0 Å².